The lowest BCUT2D eigenvalue weighted by Crippen LogP contribution is -2.29. The molecule has 17 heavy (non-hydrogen) atoms. The van der Waals surface area contributed by atoms with Crippen LogP contribution in [0.15, 0.2) is 12.3 Å². The van der Waals surface area contributed by atoms with E-state index in [0.717, 1.165) is 0 Å². The third-order valence-electron chi connectivity index (χ3n) is 2.28. The van der Waals surface area contributed by atoms with Crippen LogP contribution in [0.2, 0.25) is 0 Å². The Morgan fingerprint density at radius 1 is 1.65 bits per heavy atom. The van der Waals surface area contributed by atoms with Crippen LogP contribution in [0.1, 0.15) is 26.0 Å². The normalized spacial score (nSPS) is 11.9. The zero-order chi connectivity index (χ0) is 12.8. The van der Waals surface area contributed by atoms with Gasteiger partial charge in [0.05, 0.1) is 6.42 Å². The smallest absolute Gasteiger partial charge is 0.305 e. The molecule has 1 heterocycles. The number of hydrogen-bond donors (Lipinski definition) is 2. The average molecular weight is 234 g/mol. The van der Waals surface area contributed by atoms with E-state index in [9.17, 15) is 4.79 Å². The maximum atomic E-state index is 10.7. The molecule has 1 rings (SSSR count). The van der Waals surface area contributed by atoms with Crippen molar-refractivity contribution in [2.75, 3.05) is 5.32 Å². The van der Waals surface area contributed by atoms with Gasteiger partial charge in [0.15, 0.2) is 0 Å². The molecule has 6 heteroatoms. The van der Waals surface area contributed by atoms with E-state index < -0.39 is 5.97 Å². The number of anilines is 1. The highest BCUT2D eigenvalue weighted by Crippen LogP contribution is 2.12. The Balaban J connectivity index is 2.79. The van der Waals surface area contributed by atoms with Crippen LogP contribution in [-0.2, 0) is 4.79 Å². The molecule has 0 spiro atoms. The standard InChI is InChI=1S/C11H14N4O2/c1-7(2)9(5-10(16)17)15-11-13-4-3-8(6-12)14-11/h3-4,7,9H,5H2,1-2H3,(H,16,17)(H,13,14,15). The zero-order valence-electron chi connectivity index (χ0n) is 9.71. The highest BCUT2D eigenvalue weighted by atomic mass is 16.4. The number of aromatic nitrogens is 2. The van der Waals surface area contributed by atoms with Gasteiger partial charge in [0.2, 0.25) is 5.95 Å². The van der Waals surface area contributed by atoms with E-state index in [1.165, 1.54) is 12.3 Å². The lowest BCUT2D eigenvalue weighted by molar-refractivity contribution is -0.137. The number of nitriles is 1. The van der Waals surface area contributed by atoms with Gasteiger partial charge < -0.3 is 10.4 Å². The van der Waals surface area contributed by atoms with Crippen LogP contribution in [0.3, 0.4) is 0 Å². The Morgan fingerprint density at radius 2 is 2.35 bits per heavy atom. The highest BCUT2D eigenvalue weighted by molar-refractivity contribution is 5.68. The van der Waals surface area contributed by atoms with E-state index in [1.807, 2.05) is 19.9 Å². The summed E-state index contributed by atoms with van der Waals surface area (Å²) in [5.41, 5.74) is 0.250. The van der Waals surface area contributed by atoms with Gasteiger partial charge in [-0.3, -0.25) is 4.79 Å². The first kappa shape index (κ1) is 12.9. The monoisotopic (exact) mass is 234 g/mol. The molecule has 0 aliphatic heterocycles. The molecule has 0 radical (unpaired) electrons. The number of carboxylic acid groups (broad SMARTS) is 1. The fourth-order valence-corrected chi connectivity index (χ4v) is 1.30. The Morgan fingerprint density at radius 3 is 2.88 bits per heavy atom. The van der Waals surface area contributed by atoms with E-state index in [0.29, 0.717) is 0 Å². The number of nitrogens with zero attached hydrogens (tertiary/aromatic N) is 3. The summed E-state index contributed by atoms with van der Waals surface area (Å²) >= 11 is 0. The molecule has 0 amide bonds. The molecule has 0 aliphatic rings. The lowest BCUT2D eigenvalue weighted by atomic mass is 10.0. The van der Waals surface area contributed by atoms with Gasteiger partial charge in [-0.2, -0.15) is 5.26 Å². The zero-order valence-corrected chi connectivity index (χ0v) is 9.71. The average Bonchev–Trinajstić information content (AvgIpc) is 2.27. The minimum atomic E-state index is -0.882. The van der Waals surface area contributed by atoms with Crippen LogP contribution in [0.4, 0.5) is 5.95 Å². The second kappa shape index (κ2) is 5.80. The lowest BCUT2D eigenvalue weighted by Gasteiger charge is -2.20. The van der Waals surface area contributed by atoms with Gasteiger partial charge in [-0.15, -0.1) is 0 Å². The Bertz CT molecular complexity index is 439. The van der Waals surface area contributed by atoms with Crippen molar-refractivity contribution in [3.05, 3.63) is 18.0 Å². The predicted molar refractivity (Wildman–Crippen MR) is 61.2 cm³/mol. The number of hydrogen-bond acceptors (Lipinski definition) is 5. The molecule has 2 N–H and O–H groups in total. The minimum Gasteiger partial charge on any atom is -0.481 e. The fraction of sp³-hybridized carbons (Fsp3) is 0.455. The molecular formula is C11H14N4O2. The van der Waals surface area contributed by atoms with Crippen LogP contribution in [-0.4, -0.2) is 27.1 Å². The number of nitrogens with one attached hydrogen (secondary N) is 1. The number of carboxylic acids is 1. The van der Waals surface area contributed by atoms with E-state index in [2.05, 4.69) is 15.3 Å². The van der Waals surface area contributed by atoms with Gasteiger partial charge in [-0.25, -0.2) is 9.97 Å². The summed E-state index contributed by atoms with van der Waals surface area (Å²) in [6.07, 6.45) is 1.45. The number of rotatable bonds is 5. The van der Waals surface area contributed by atoms with Crippen molar-refractivity contribution in [1.29, 1.82) is 5.26 Å². The highest BCUT2D eigenvalue weighted by Gasteiger charge is 2.17. The molecular weight excluding hydrogens is 220 g/mol. The van der Waals surface area contributed by atoms with Crippen molar-refractivity contribution in [2.45, 2.75) is 26.3 Å². The van der Waals surface area contributed by atoms with E-state index in [-0.39, 0.29) is 30.0 Å². The summed E-state index contributed by atoms with van der Waals surface area (Å²) in [5, 5.41) is 20.4. The quantitative estimate of drug-likeness (QED) is 0.795. The summed E-state index contributed by atoms with van der Waals surface area (Å²) in [5.74, 6) is -0.475. The first-order valence-corrected chi connectivity index (χ1v) is 5.24. The molecule has 90 valence electrons. The SMILES string of the molecule is CC(C)C(CC(=O)O)Nc1nccc(C#N)n1. The van der Waals surface area contributed by atoms with Gasteiger partial charge in [0.25, 0.3) is 0 Å². The third-order valence-corrected chi connectivity index (χ3v) is 2.28. The molecule has 0 aliphatic carbocycles. The topological polar surface area (TPSA) is 98.9 Å². The third kappa shape index (κ3) is 4.07. The van der Waals surface area contributed by atoms with Gasteiger partial charge in [0, 0.05) is 12.2 Å². The molecule has 0 aromatic carbocycles. The molecule has 0 fully saturated rings. The van der Waals surface area contributed by atoms with Crippen molar-refractivity contribution in [3.63, 3.8) is 0 Å². The van der Waals surface area contributed by atoms with Gasteiger partial charge in [-0.05, 0) is 12.0 Å². The Hall–Kier alpha value is -2.16. The Kier molecular flexibility index (Phi) is 4.40. The van der Waals surface area contributed by atoms with Crippen molar-refractivity contribution >= 4 is 11.9 Å². The first-order chi connectivity index (χ1) is 8.02. The minimum absolute atomic E-state index is 0.0161. The second-order valence-corrected chi connectivity index (χ2v) is 3.97. The van der Waals surface area contributed by atoms with Crippen LogP contribution >= 0.6 is 0 Å². The summed E-state index contributed by atoms with van der Waals surface area (Å²) < 4.78 is 0. The van der Waals surface area contributed by atoms with Crippen molar-refractivity contribution < 1.29 is 9.90 Å². The molecule has 6 nitrogen and oxygen atoms in total. The summed E-state index contributed by atoms with van der Waals surface area (Å²) in [7, 11) is 0. The number of aliphatic carboxylic acids is 1. The number of carbonyl (C=O) groups is 1. The predicted octanol–water partition coefficient (Wildman–Crippen LogP) is 1.26. The van der Waals surface area contributed by atoms with E-state index >= 15 is 0 Å². The van der Waals surface area contributed by atoms with Crippen LogP contribution in [0.5, 0.6) is 0 Å². The molecule has 1 atom stereocenters. The second-order valence-electron chi connectivity index (χ2n) is 3.97. The first-order valence-electron chi connectivity index (χ1n) is 5.24. The van der Waals surface area contributed by atoms with Crippen LogP contribution in [0, 0.1) is 17.2 Å². The molecule has 0 saturated carbocycles. The molecule has 1 aromatic heterocycles. The van der Waals surface area contributed by atoms with Crippen molar-refractivity contribution in [2.24, 2.45) is 5.92 Å². The molecule has 1 unspecified atom stereocenters. The van der Waals surface area contributed by atoms with Crippen LogP contribution in [0.25, 0.3) is 0 Å². The van der Waals surface area contributed by atoms with E-state index in [1.54, 1.807) is 0 Å². The van der Waals surface area contributed by atoms with Gasteiger partial charge in [0.1, 0.15) is 11.8 Å². The summed E-state index contributed by atoms with van der Waals surface area (Å²) in [4.78, 5) is 18.6. The summed E-state index contributed by atoms with van der Waals surface area (Å²) in [6, 6.07) is 3.13. The maximum absolute atomic E-state index is 10.7. The summed E-state index contributed by atoms with van der Waals surface area (Å²) in [6.45, 7) is 3.82. The Labute approximate surface area is 99.3 Å². The van der Waals surface area contributed by atoms with Gasteiger partial charge in [-0.1, -0.05) is 13.8 Å². The van der Waals surface area contributed by atoms with E-state index in [4.69, 9.17) is 10.4 Å². The van der Waals surface area contributed by atoms with Gasteiger partial charge >= 0.3 is 5.97 Å². The molecule has 0 saturated heterocycles. The molecule has 1 aromatic rings. The fourth-order valence-electron chi connectivity index (χ4n) is 1.30. The maximum Gasteiger partial charge on any atom is 0.305 e. The van der Waals surface area contributed by atoms with Crippen molar-refractivity contribution in [1.82, 2.24) is 9.97 Å². The van der Waals surface area contributed by atoms with Crippen LogP contribution < -0.4 is 5.32 Å². The molecule has 0 bridgehead atoms. The van der Waals surface area contributed by atoms with Crippen molar-refractivity contribution in [3.8, 4) is 6.07 Å². The largest absolute Gasteiger partial charge is 0.481 e.